The van der Waals surface area contributed by atoms with Gasteiger partial charge in [-0.15, -0.1) is 0 Å². The highest BCUT2D eigenvalue weighted by molar-refractivity contribution is 7.99. The summed E-state index contributed by atoms with van der Waals surface area (Å²) in [7, 11) is 0. The maximum absolute atomic E-state index is 10.8. The molecule has 0 amide bonds. The Kier molecular flexibility index (Phi) is 3.36. The van der Waals surface area contributed by atoms with Crippen molar-refractivity contribution in [2.75, 3.05) is 5.75 Å². The number of thioether (sulfide) groups is 1. The number of aliphatic carboxylic acids is 1. The second-order valence-electron chi connectivity index (χ2n) is 4.82. The van der Waals surface area contributed by atoms with Crippen LogP contribution in [0.1, 0.15) is 30.9 Å². The molecule has 1 aromatic heterocycles. The van der Waals surface area contributed by atoms with Gasteiger partial charge in [0.25, 0.3) is 0 Å². The summed E-state index contributed by atoms with van der Waals surface area (Å²) < 4.78 is 2.10. The van der Waals surface area contributed by atoms with Crippen LogP contribution >= 0.6 is 11.8 Å². The number of hydrogen-bond donors (Lipinski definition) is 1. The van der Waals surface area contributed by atoms with Crippen LogP contribution in [0.3, 0.4) is 0 Å². The number of carbonyl (C=O) groups is 1. The van der Waals surface area contributed by atoms with E-state index in [-0.39, 0.29) is 5.75 Å². The van der Waals surface area contributed by atoms with E-state index in [9.17, 15) is 4.79 Å². The van der Waals surface area contributed by atoms with Crippen LogP contribution in [-0.4, -0.2) is 26.4 Å². The fourth-order valence-electron chi connectivity index (χ4n) is 2.41. The molecule has 1 aliphatic carbocycles. The number of imidazole rings is 1. The third-order valence-electron chi connectivity index (χ3n) is 3.57. The number of aromatic nitrogens is 2. The zero-order valence-electron chi connectivity index (χ0n) is 10.7. The average molecular weight is 287 g/mol. The fourth-order valence-corrected chi connectivity index (χ4v) is 3.21. The maximum Gasteiger partial charge on any atom is 0.313 e. The number of benzene rings is 1. The lowest BCUT2D eigenvalue weighted by Crippen LogP contribution is -2.18. The topological polar surface area (TPSA) is 78.9 Å². The molecule has 0 saturated heterocycles. The third kappa shape index (κ3) is 2.14. The molecule has 1 fully saturated rings. The van der Waals surface area contributed by atoms with Crippen LogP contribution in [0.15, 0.2) is 23.4 Å². The average Bonchev–Trinajstić information content (AvgIpc) is 2.73. The number of rotatable bonds is 4. The van der Waals surface area contributed by atoms with Gasteiger partial charge in [0.1, 0.15) is 11.6 Å². The number of nitriles is 1. The first kappa shape index (κ1) is 13.0. The Bertz CT molecular complexity index is 713. The zero-order chi connectivity index (χ0) is 14.1. The molecule has 1 aliphatic rings. The summed E-state index contributed by atoms with van der Waals surface area (Å²) in [4.78, 5) is 15.3. The second-order valence-corrected chi connectivity index (χ2v) is 5.76. The van der Waals surface area contributed by atoms with Gasteiger partial charge in [-0.25, -0.2) is 4.98 Å². The van der Waals surface area contributed by atoms with Crippen LogP contribution in [0.5, 0.6) is 0 Å². The lowest BCUT2D eigenvalue weighted by Gasteiger charge is -2.28. The Hall–Kier alpha value is -2.00. The number of nitrogens with zero attached hydrogens (tertiary/aromatic N) is 3. The smallest absolute Gasteiger partial charge is 0.313 e. The second kappa shape index (κ2) is 5.17. The van der Waals surface area contributed by atoms with Gasteiger partial charge in [-0.3, -0.25) is 4.79 Å². The van der Waals surface area contributed by atoms with Crippen LogP contribution in [0.4, 0.5) is 0 Å². The summed E-state index contributed by atoms with van der Waals surface area (Å²) in [6.45, 7) is 0. The predicted molar refractivity (Wildman–Crippen MR) is 75.7 cm³/mol. The molecule has 102 valence electrons. The van der Waals surface area contributed by atoms with E-state index in [1.165, 1.54) is 18.2 Å². The molecule has 6 heteroatoms. The van der Waals surface area contributed by atoms with E-state index in [0.29, 0.717) is 22.3 Å². The third-order valence-corrected chi connectivity index (χ3v) is 4.51. The number of hydrogen-bond acceptors (Lipinski definition) is 4. The van der Waals surface area contributed by atoms with E-state index < -0.39 is 5.97 Å². The monoisotopic (exact) mass is 287 g/mol. The van der Waals surface area contributed by atoms with Crippen molar-refractivity contribution >= 4 is 28.8 Å². The molecule has 0 radical (unpaired) electrons. The molecular formula is C14H13N3O2S. The highest BCUT2D eigenvalue weighted by atomic mass is 32.2. The largest absolute Gasteiger partial charge is 0.481 e. The SMILES string of the molecule is N#Cc1cccc2c1nc(SCC(=O)O)n2C1CCC1. The minimum Gasteiger partial charge on any atom is -0.481 e. The first-order valence-corrected chi connectivity index (χ1v) is 7.45. The Morgan fingerprint density at radius 3 is 2.95 bits per heavy atom. The molecular weight excluding hydrogens is 274 g/mol. The Morgan fingerprint density at radius 1 is 1.55 bits per heavy atom. The molecule has 3 rings (SSSR count). The van der Waals surface area contributed by atoms with Crippen LogP contribution < -0.4 is 0 Å². The van der Waals surface area contributed by atoms with Crippen molar-refractivity contribution in [3.8, 4) is 6.07 Å². The molecule has 20 heavy (non-hydrogen) atoms. The Balaban J connectivity index is 2.11. The van der Waals surface area contributed by atoms with Gasteiger partial charge in [-0.2, -0.15) is 5.26 Å². The molecule has 1 heterocycles. The summed E-state index contributed by atoms with van der Waals surface area (Å²) >= 11 is 1.22. The lowest BCUT2D eigenvalue weighted by molar-refractivity contribution is -0.133. The number of carboxylic acid groups (broad SMARTS) is 1. The van der Waals surface area contributed by atoms with Crippen molar-refractivity contribution in [1.82, 2.24) is 9.55 Å². The fraction of sp³-hybridized carbons (Fsp3) is 0.357. The van der Waals surface area contributed by atoms with Crippen LogP contribution in [0.2, 0.25) is 0 Å². The summed E-state index contributed by atoms with van der Waals surface area (Å²) in [5.41, 5.74) is 2.15. The van der Waals surface area contributed by atoms with E-state index in [1.54, 1.807) is 6.07 Å². The number of fused-ring (bicyclic) bond motifs is 1. The van der Waals surface area contributed by atoms with Crippen molar-refractivity contribution in [2.45, 2.75) is 30.5 Å². The first-order valence-electron chi connectivity index (χ1n) is 6.46. The normalized spacial score (nSPS) is 14.9. The van der Waals surface area contributed by atoms with Crippen molar-refractivity contribution < 1.29 is 9.90 Å². The Labute approximate surface area is 120 Å². The molecule has 0 spiro atoms. The first-order chi connectivity index (χ1) is 9.70. The van der Waals surface area contributed by atoms with Gasteiger partial charge in [0.2, 0.25) is 0 Å². The van der Waals surface area contributed by atoms with E-state index in [1.807, 2.05) is 12.1 Å². The Morgan fingerprint density at radius 2 is 2.35 bits per heavy atom. The molecule has 1 saturated carbocycles. The van der Waals surface area contributed by atoms with Gasteiger partial charge in [-0.05, 0) is 31.4 Å². The van der Waals surface area contributed by atoms with Crippen molar-refractivity contribution in [1.29, 1.82) is 5.26 Å². The van der Waals surface area contributed by atoms with E-state index in [2.05, 4.69) is 15.6 Å². The molecule has 1 aromatic carbocycles. The van der Waals surface area contributed by atoms with Crippen molar-refractivity contribution in [3.63, 3.8) is 0 Å². The molecule has 0 atom stereocenters. The quantitative estimate of drug-likeness (QED) is 0.875. The lowest BCUT2D eigenvalue weighted by atomic mass is 9.93. The maximum atomic E-state index is 10.8. The van der Waals surface area contributed by atoms with Gasteiger partial charge < -0.3 is 9.67 Å². The molecule has 0 bridgehead atoms. The minimum absolute atomic E-state index is 0.0159. The summed E-state index contributed by atoms with van der Waals surface area (Å²) in [5.74, 6) is -0.875. The highest BCUT2D eigenvalue weighted by Gasteiger charge is 2.25. The molecule has 0 aliphatic heterocycles. The van der Waals surface area contributed by atoms with Gasteiger partial charge in [0, 0.05) is 6.04 Å². The summed E-state index contributed by atoms with van der Waals surface area (Å²) in [6.07, 6.45) is 3.36. The molecule has 5 nitrogen and oxygen atoms in total. The predicted octanol–water partition coefficient (Wildman–Crippen LogP) is 2.81. The van der Waals surface area contributed by atoms with E-state index in [4.69, 9.17) is 10.4 Å². The standard InChI is InChI=1S/C14H13N3O2S/c15-7-9-3-1-6-11-13(9)16-14(20-8-12(18)19)17(11)10-4-2-5-10/h1,3,6,10H,2,4-5,8H2,(H,18,19). The van der Waals surface area contributed by atoms with E-state index in [0.717, 1.165) is 18.4 Å². The number of para-hydroxylation sites is 1. The summed E-state index contributed by atoms with van der Waals surface area (Å²) in [5, 5.41) is 18.7. The van der Waals surface area contributed by atoms with Gasteiger partial charge in [-0.1, -0.05) is 17.8 Å². The molecule has 1 N–H and O–H groups in total. The van der Waals surface area contributed by atoms with Gasteiger partial charge in [0.05, 0.1) is 16.8 Å². The molecule has 2 aromatic rings. The van der Waals surface area contributed by atoms with Crippen molar-refractivity contribution in [3.05, 3.63) is 23.8 Å². The summed E-state index contributed by atoms with van der Waals surface area (Å²) in [6, 6.07) is 8.07. The molecule has 0 unspecified atom stereocenters. The zero-order valence-corrected chi connectivity index (χ0v) is 11.6. The van der Waals surface area contributed by atoms with Gasteiger partial charge in [0.15, 0.2) is 5.16 Å². The number of carboxylic acids is 1. The minimum atomic E-state index is -0.859. The van der Waals surface area contributed by atoms with Crippen LogP contribution in [0.25, 0.3) is 11.0 Å². The van der Waals surface area contributed by atoms with Crippen LogP contribution in [-0.2, 0) is 4.79 Å². The van der Waals surface area contributed by atoms with E-state index >= 15 is 0 Å². The highest BCUT2D eigenvalue weighted by Crippen LogP contribution is 2.38. The van der Waals surface area contributed by atoms with Crippen molar-refractivity contribution in [2.24, 2.45) is 0 Å². The van der Waals surface area contributed by atoms with Gasteiger partial charge >= 0.3 is 5.97 Å². The van der Waals surface area contributed by atoms with Crippen LogP contribution in [0, 0.1) is 11.3 Å².